The molecule has 1 atom stereocenters. The number of hydrogen-bond acceptors (Lipinski definition) is 5. The van der Waals surface area contributed by atoms with Crippen LogP contribution in [0, 0.1) is 11.3 Å². The molecule has 0 bridgehead atoms. The number of nitriles is 1. The maximum Gasteiger partial charge on any atom is 0.153 e. The molecule has 2 rings (SSSR count). The van der Waals surface area contributed by atoms with E-state index in [2.05, 4.69) is 16.0 Å². The van der Waals surface area contributed by atoms with Crippen molar-refractivity contribution < 1.29 is 4.74 Å². The van der Waals surface area contributed by atoms with Crippen LogP contribution in [0.4, 0.5) is 11.5 Å². The predicted octanol–water partition coefficient (Wildman–Crippen LogP) is 1.54. The van der Waals surface area contributed by atoms with Crippen LogP contribution in [0.25, 0.3) is 0 Å². The van der Waals surface area contributed by atoms with Crippen LogP contribution in [-0.4, -0.2) is 30.8 Å². The van der Waals surface area contributed by atoms with Gasteiger partial charge in [0.15, 0.2) is 5.82 Å². The molecular weight excluding hydrogens is 228 g/mol. The SMILES string of the molecule is CCOC1CCCN(c2nccc(C#N)c2N)C1. The van der Waals surface area contributed by atoms with Gasteiger partial charge < -0.3 is 15.4 Å². The van der Waals surface area contributed by atoms with E-state index in [9.17, 15) is 0 Å². The maximum absolute atomic E-state index is 8.98. The summed E-state index contributed by atoms with van der Waals surface area (Å²) in [6.45, 7) is 4.43. The van der Waals surface area contributed by atoms with Crippen LogP contribution in [0.3, 0.4) is 0 Å². The van der Waals surface area contributed by atoms with Gasteiger partial charge >= 0.3 is 0 Å². The number of hydrogen-bond donors (Lipinski definition) is 1. The summed E-state index contributed by atoms with van der Waals surface area (Å²) >= 11 is 0. The summed E-state index contributed by atoms with van der Waals surface area (Å²) in [4.78, 5) is 6.41. The number of nitrogen functional groups attached to an aromatic ring is 1. The molecule has 2 N–H and O–H groups in total. The van der Waals surface area contributed by atoms with E-state index in [1.807, 2.05) is 6.92 Å². The van der Waals surface area contributed by atoms with Crippen molar-refractivity contribution >= 4 is 11.5 Å². The first-order valence-electron chi connectivity index (χ1n) is 6.27. The number of aromatic nitrogens is 1. The second kappa shape index (κ2) is 5.69. The summed E-state index contributed by atoms with van der Waals surface area (Å²) in [6.07, 6.45) is 4.00. The molecule has 2 heterocycles. The van der Waals surface area contributed by atoms with Gasteiger partial charge in [-0.1, -0.05) is 0 Å². The van der Waals surface area contributed by atoms with Crippen molar-refractivity contribution in [2.45, 2.75) is 25.9 Å². The van der Waals surface area contributed by atoms with Crippen LogP contribution in [0.15, 0.2) is 12.3 Å². The highest BCUT2D eigenvalue weighted by Crippen LogP contribution is 2.26. The van der Waals surface area contributed by atoms with E-state index >= 15 is 0 Å². The Morgan fingerprint density at radius 3 is 3.22 bits per heavy atom. The fraction of sp³-hybridized carbons (Fsp3) is 0.538. The number of piperidine rings is 1. The average molecular weight is 246 g/mol. The van der Waals surface area contributed by atoms with E-state index in [4.69, 9.17) is 15.7 Å². The van der Waals surface area contributed by atoms with Crippen LogP contribution in [0.1, 0.15) is 25.3 Å². The molecule has 1 saturated heterocycles. The van der Waals surface area contributed by atoms with Crippen molar-refractivity contribution in [3.63, 3.8) is 0 Å². The lowest BCUT2D eigenvalue weighted by Crippen LogP contribution is -2.40. The number of pyridine rings is 1. The minimum atomic E-state index is 0.232. The van der Waals surface area contributed by atoms with Gasteiger partial charge in [0.25, 0.3) is 0 Å². The predicted molar refractivity (Wildman–Crippen MR) is 70.2 cm³/mol. The molecule has 96 valence electrons. The quantitative estimate of drug-likeness (QED) is 0.875. The summed E-state index contributed by atoms with van der Waals surface area (Å²) in [6, 6.07) is 3.73. The lowest BCUT2D eigenvalue weighted by Gasteiger charge is -2.33. The van der Waals surface area contributed by atoms with Gasteiger partial charge in [-0.3, -0.25) is 0 Å². The zero-order valence-electron chi connectivity index (χ0n) is 10.6. The highest BCUT2D eigenvalue weighted by atomic mass is 16.5. The van der Waals surface area contributed by atoms with Crippen molar-refractivity contribution in [3.8, 4) is 6.07 Å². The normalized spacial score (nSPS) is 19.6. The molecule has 1 aliphatic heterocycles. The lowest BCUT2D eigenvalue weighted by molar-refractivity contribution is 0.0525. The summed E-state index contributed by atoms with van der Waals surface area (Å²) in [5.41, 5.74) is 6.93. The van der Waals surface area contributed by atoms with E-state index in [-0.39, 0.29) is 6.10 Å². The summed E-state index contributed by atoms with van der Waals surface area (Å²) < 4.78 is 5.66. The van der Waals surface area contributed by atoms with Gasteiger partial charge in [0, 0.05) is 25.9 Å². The Labute approximate surface area is 107 Å². The minimum Gasteiger partial charge on any atom is -0.395 e. The molecule has 1 fully saturated rings. The molecule has 0 saturated carbocycles. The largest absolute Gasteiger partial charge is 0.395 e. The molecule has 1 aliphatic rings. The van der Waals surface area contributed by atoms with E-state index in [0.29, 0.717) is 17.1 Å². The van der Waals surface area contributed by atoms with Gasteiger partial charge in [0.1, 0.15) is 6.07 Å². The third kappa shape index (κ3) is 2.54. The first-order chi connectivity index (χ1) is 8.76. The topological polar surface area (TPSA) is 75.2 Å². The van der Waals surface area contributed by atoms with Crippen LogP contribution >= 0.6 is 0 Å². The zero-order valence-corrected chi connectivity index (χ0v) is 10.6. The average Bonchev–Trinajstić information content (AvgIpc) is 2.40. The molecule has 1 aromatic heterocycles. The van der Waals surface area contributed by atoms with Gasteiger partial charge in [-0.15, -0.1) is 0 Å². The number of nitrogens with zero attached hydrogens (tertiary/aromatic N) is 3. The minimum absolute atomic E-state index is 0.232. The van der Waals surface area contributed by atoms with Crippen molar-refractivity contribution in [1.29, 1.82) is 5.26 Å². The number of anilines is 2. The van der Waals surface area contributed by atoms with Crippen molar-refractivity contribution in [2.75, 3.05) is 30.3 Å². The van der Waals surface area contributed by atoms with E-state index < -0.39 is 0 Å². The van der Waals surface area contributed by atoms with Crippen LogP contribution in [-0.2, 0) is 4.74 Å². The highest BCUT2D eigenvalue weighted by Gasteiger charge is 2.23. The lowest BCUT2D eigenvalue weighted by atomic mass is 10.1. The molecule has 0 radical (unpaired) electrons. The Morgan fingerprint density at radius 2 is 2.50 bits per heavy atom. The van der Waals surface area contributed by atoms with Gasteiger partial charge in [-0.25, -0.2) is 4.98 Å². The molecule has 1 unspecified atom stereocenters. The van der Waals surface area contributed by atoms with Crippen LogP contribution < -0.4 is 10.6 Å². The van der Waals surface area contributed by atoms with Gasteiger partial charge in [0.2, 0.25) is 0 Å². The van der Waals surface area contributed by atoms with E-state index in [1.54, 1.807) is 12.3 Å². The molecule has 1 aromatic rings. The smallest absolute Gasteiger partial charge is 0.153 e. The monoisotopic (exact) mass is 246 g/mol. The standard InChI is InChI=1S/C13H18N4O/c1-2-18-11-4-3-7-17(9-11)13-12(15)10(8-14)5-6-16-13/h5-6,11H,2-4,7,9,15H2,1H3. The second-order valence-corrected chi connectivity index (χ2v) is 4.37. The molecule has 0 spiro atoms. The molecule has 5 heteroatoms. The first kappa shape index (κ1) is 12.7. The van der Waals surface area contributed by atoms with E-state index in [1.165, 1.54) is 0 Å². The fourth-order valence-electron chi connectivity index (χ4n) is 2.31. The molecular formula is C13H18N4O. The van der Waals surface area contributed by atoms with Crippen molar-refractivity contribution in [2.24, 2.45) is 0 Å². The second-order valence-electron chi connectivity index (χ2n) is 4.37. The fourth-order valence-corrected chi connectivity index (χ4v) is 2.31. The third-order valence-electron chi connectivity index (χ3n) is 3.17. The molecule has 5 nitrogen and oxygen atoms in total. The highest BCUT2D eigenvalue weighted by molar-refractivity contribution is 5.70. The zero-order chi connectivity index (χ0) is 13.0. The first-order valence-corrected chi connectivity index (χ1v) is 6.27. The molecule has 18 heavy (non-hydrogen) atoms. The van der Waals surface area contributed by atoms with Gasteiger partial charge in [-0.05, 0) is 25.8 Å². The Morgan fingerprint density at radius 1 is 1.67 bits per heavy atom. The van der Waals surface area contributed by atoms with Crippen molar-refractivity contribution in [3.05, 3.63) is 17.8 Å². The Bertz CT molecular complexity index is 453. The van der Waals surface area contributed by atoms with Gasteiger partial charge in [-0.2, -0.15) is 5.26 Å². The molecule has 0 aliphatic carbocycles. The maximum atomic E-state index is 8.98. The summed E-state index contributed by atoms with van der Waals surface area (Å²) in [5.74, 6) is 0.707. The Hall–Kier alpha value is -1.80. The van der Waals surface area contributed by atoms with E-state index in [0.717, 1.165) is 32.5 Å². The number of nitrogens with two attached hydrogens (primary N) is 1. The molecule has 0 aromatic carbocycles. The van der Waals surface area contributed by atoms with Crippen LogP contribution in [0.2, 0.25) is 0 Å². The van der Waals surface area contributed by atoms with Gasteiger partial charge in [0.05, 0.1) is 17.4 Å². The van der Waals surface area contributed by atoms with Crippen LogP contribution in [0.5, 0.6) is 0 Å². The molecule has 0 amide bonds. The third-order valence-corrected chi connectivity index (χ3v) is 3.17. The number of ether oxygens (including phenoxy) is 1. The number of rotatable bonds is 3. The summed E-state index contributed by atoms with van der Waals surface area (Å²) in [7, 11) is 0. The Kier molecular flexibility index (Phi) is 4.00. The summed E-state index contributed by atoms with van der Waals surface area (Å²) in [5, 5.41) is 8.98. The Balaban J connectivity index is 2.18. The van der Waals surface area contributed by atoms with Crippen molar-refractivity contribution in [1.82, 2.24) is 4.98 Å².